The van der Waals surface area contributed by atoms with Gasteiger partial charge >= 0.3 is 5.97 Å². The number of benzene rings is 2. The maximum Gasteiger partial charge on any atom is 0.310 e. The van der Waals surface area contributed by atoms with Crippen molar-refractivity contribution in [2.45, 2.75) is 25.8 Å². The van der Waals surface area contributed by atoms with Gasteiger partial charge < -0.3 is 10.1 Å². The molecule has 0 aliphatic carbocycles. The molecule has 0 bridgehead atoms. The second-order valence-electron chi connectivity index (χ2n) is 6.69. The third-order valence-electron chi connectivity index (χ3n) is 4.41. The van der Waals surface area contributed by atoms with Crippen molar-refractivity contribution in [3.8, 4) is 0 Å². The first-order valence-electron chi connectivity index (χ1n) is 8.43. The predicted octanol–water partition coefficient (Wildman–Crippen LogP) is 3.19. The molecule has 1 aliphatic rings. The van der Waals surface area contributed by atoms with Crippen LogP contribution in [0.1, 0.15) is 19.4 Å². The van der Waals surface area contributed by atoms with E-state index in [1.165, 1.54) is 4.90 Å². The molecule has 3 rings (SSSR count). The summed E-state index contributed by atoms with van der Waals surface area (Å²) in [6, 6.07) is 13.9. The Hall–Kier alpha value is -2.86. The molecule has 2 aromatic rings. The molecule has 0 aromatic heterocycles. The maximum absolute atomic E-state index is 12.8. The number of carbonyl (C=O) groups is 3. The van der Waals surface area contributed by atoms with Crippen molar-refractivity contribution >= 4 is 40.8 Å². The zero-order chi connectivity index (χ0) is 19.6. The summed E-state index contributed by atoms with van der Waals surface area (Å²) in [5, 5.41) is 3.25. The number of fused-ring (bicyclic) bond motifs is 1. The molecule has 6 nitrogen and oxygen atoms in total. The molecule has 0 unspecified atom stereocenters. The van der Waals surface area contributed by atoms with E-state index in [-0.39, 0.29) is 12.3 Å². The molecule has 1 aliphatic heterocycles. The van der Waals surface area contributed by atoms with Crippen molar-refractivity contribution in [3.05, 3.63) is 59.1 Å². The zero-order valence-electron chi connectivity index (χ0n) is 15.0. The van der Waals surface area contributed by atoms with Crippen molar-refractivity contribution in [2.24, 2.45) is 0 Å². The molecule has 0 fully saturated rings. The van der Waals surface area contributed by atoms with E-state index in [2.05, 4.69) is 5.32 Å². The number of anilines is 2. The molecule has 2 aromatic carbocycles. The molecule has 140 valence electrons. The SMILES string of the molecule is CC1(C)C(=O)Nc2ccccc2N1C(=O)COC(=O)Cc1ccccc1Cl. The molecule has 0 atom stereocenters. The fourth-order valence-electron chi connectivity index (χ4n) is 2.95. The van der Waals surface area contributed by atoms with Crippen LogP contribution in [-0.2, 0) is 25.5 Å². The van der Waals surface area contributed by atoms with Crippen LogP contribution in [0, 0.1) is 0 Å². The second kappa shape index (κ2) is 7.40. The van der Waals surface area contributed by atoms with E-state index in [1.54, 1.807) is 62.4 Å². The van der Waals surface area contributed by atoms with Gasteiger partial charge in [0.25, 0.3) is 5.91 Å². The number of halogens is 1. The average Bonchev–Trinajstić information content (AvgIpc) is 2.62. The van der Waals surface area contributed by atoms with Gasteiger partial charge in [0.05, 0.1) is 17.8 Å². The molecule has 0 saturated carbocycles. The average molecular weight is 387 g/mol. The van der Waals surface area contributed by atoms with Crippen LogP contribution >= 0.6 is 11.6 Å². The normalized spacial score (nSPS) is 14.9. The van der Waals surface area contributed by atoms with Gasteiger partial charge in [0.2, 0.25) is 5.91 Å². The Labute approximate surface area is 162 Å². The molecule has 0 radical (unpaired) electrons. The van der Waals surface area contributed by atoms with Crippen LogP contribution in [0.5, 0.6) is 0 Å². The van der Waals surface area contributed by atoms with E-state index in [4.69, 9.17) is 16.3 Å². The summed E-state index contributed by atoms with van der Waals surface area (Å²) < 4.78 is 5.14. The first-order chi connectivity index (χ1) is 12.8. The van der Waals surface area contributed by atoms with Crippen molar-refractivity contribution in [1.82, 2.24) is 0 Å². The lowest BCUT2D eigenvalue weighted by atomic mass is 9.96. The van der Waals surface area contributed by atoms with Crippen molar-refractivity contribution < 1.29 is 19.1 Å². The minimum Gasteiger partial charge on any atom is -0.455 e. The minimum atomic E-state index is -1.11. The van der Waals surface area contributed by atoms with E-state index < -0.39 is 24.0 Å². The van der Waals surface area contributed by atoms with E-state index in [1.807, 2.05) is 0 Å². The van der Waals surface area contributed by atoms with Gasteiger partial charge in [0.15, 0.2) is 6.61 Å². The predicted molar refractivity (Wildman–Crippen MR) is 103 cm³/mol. The lowest BCUT2D eigenvalue weighted by Crippen LogP contribution is -2.59. The Kier molecular flexibility index (Phi) is 5.19. The van der Waals surface area contributed by atoms with Gasteiger partial charge in [-0.3, -0.25) is 19.3 Å². The number of esters is 1. The van der Waals surface area contributed by atoms with Crippen molar-refractivity contribution in [2.75, 3.05) is 16.8 Å². The summed E-state index contributed by atoms with van der Waals surface area (Å²) >= 11 is 6.04. The van der Waals surface area contributed by atoms with Crippen LogP contribution in [-0.4, -0.2) is 29.9 Å². The molecule has 1 heterocycles. The summed E-state index contributed by atoms with van der Waals surface area (Å²) in [5.74, 6) is -1.35. The minimum absolute atomic E-state index is 0.0343. The molecule has 27 heavy (non-hydrogen) atoms. The van der Waals surface area contributed by atoms with Crippen molar-refractivity contribution in [3.63, 3.8) is 0 Å². The van der Waals surface area contributed by atoms with Crippen LogP contribution in [0.3, 0.4) is 0 Å². The molecule has 7 heteroatoms. The lowest BCUT2D eigenvalue weighted by Gasteiger charge is -2.41. The summed E-state index contributed by atoms with van der Waals surface area (Å²) in [6.07, 6.45) is -0.0343. The first-order valence-corrected chi connectivity index (χ1v) is 8.81. The van der Waals surface area contributed by atoms with Crippen LogP contribution in [0.25, 0.3) is 0 Å². The van der Waals surface area contributed by atoms with E-state index in [0.29, 0.717) is 22.0 Å². The van der Waals surface area contributed by atoms with Gasteiger partial charge in [-0.25, -0.2) is 0 Å². The number of rotatable bonds is 4. The fraction of sp³-hybridized carbons (Fsp3) is 0.250. The topological polar surface area (TPSA) is 75.7 Å². The first kappa shape index (κ1) is 18.9. The number of nitrogens with one attached hydrogen (secondary N) is 1. The highest BCUT2D eigenvalue weighted by Crippen LogP contribution is 2.36. The fourth-order valence-corrected chi connectivity index (χ4v) is 3.16. The van der Waals surface area contributed by atoms with Crippen LogP contribution in [0.2, 0.25) is 5.02 Å². The summed E-state index contributed by atoms with van der Waals surface area (Å²) in [5.41, 5.74) is 0.618. The molecule has 2 amide bonds. The molecule has 0 saturated heterocycles. The van der Waals surface area contributed by atoms with E-state index in [0.717, 1.165) is 0 Å². The second-order valence-corrected chi connectivity index (χ2v) is 7.10. The Bertz CT molecular complexity index is 910. The number of ether oxygens (including phenoxy) is 1. The Balaban J connectivity index is 1.72. The van der Waals surface area contributed by atoms with Crippen LogP contribution in [0.4, 0.5) is 11.4 Å². The molecular formula is C20H19ClN2O4. The lowest BCUT2D eigenvalue weighted by molar-refractivity contribution is -0.147. The monoisotopic (exact) mass is 386 g/mol. The third kappa shape index (κ3) is 3.80. The van der Waals surface area contributed by atoms with E-state index in [9.17, 15) is 14.4 Å². The summed E-state index contributed by atoms with van der Waals surface area (Å²) in [7, 11) is 0. The van der Waals surface area contributed by atoms with Gasteiger partial charge in [0, 0.05) is 5.02 Å². The molecule has 1 N–H and O–H groups in total. The summed E-state index contributed by atoms with van der Waals surface area (Å²) in [4.78, 5) is 38.6. The highest BCUT2D eigenvalue weighted by atomic mass is 35.5. The van der Waals surface area contributed by atoms with E-state index >= 15 is 0 Å². The Morgan fingerprint density at radius 1 is 1.11 bits per heavy atom. The number of carbonyl (C=O) groups excluding carboxylic acids is 3. The number of hydrogen-bond donors (Lipinski definition) is 1. The number of hydrogen-bond acceptors (Lipinski definition) is 4. The van der Waals surface area contributed by atoms with Gasteiger partial charge in [-0.1, -0.05) is 41.9 Å². The molecular weight excluding hydrogens is 368 g/mol. The smallest absolute Gasteiger partial charge is 0.310 e. The van der Waals surface area contributed by atoms with Gasteiger partial charge in [-0.2, -0.15) is 0 Å². The van der Waals surface area contributed by atoms with Gasteiger partial charge in [-0.05, 0) is 37.6 Å². The highest BCUT2D eigenvalue weighted by molar-refractivity contribution is 6.31. The molecule has 0 spiro atoms. The quantitative estimate of drug-likeness (QED) is 0.819. The maximum atomic E-state index is 12.8. The number of para-hydroxylation sites is 2. The number of amides is 2. The third-order valence-corrected chi connectivity index (χ3v) is 4.78. The summed E-state index contributed by atoms with van der Waals surface area (Å²) in [6.45, 7) is 2.82. The standard InChI is InChI=1S/C20H19ClN2O4/c1-20(2)19(26)22-15-9-5-6-10-16(15)23(20)17(24)12-27-18(25)11-13-7-3-4-8-14(13)21/h3-10H,11-12H2,1-2H3,(H,22,26). The Morgan fingerprint density at radius 2 is 1.78 bits per heavy atom. The zero-order valence-corrected chi connectivity index (χ0v) is 15.7. The number of nitrogens with zero attached hydrogens (tertiary/aromatic N) is 1. The highest BCUT2D eigenvalue weighted by Gasteiger charge is 2.43. The van der Waals surface area contributed by atoms with Crippen molar-refractivity contribution in [1.29, 1.82) is 0 Å². The Morgan fingerprint density at radius 3 is 2.52 bits per heavy atom. The van der Waals surface area contributed by atoms with Crippen LogP contribution in [0.15, 0.2) is 48.5 Å². The van der Waals surface area contributed by atoms with Gasteiger partial charge in [0.1, 0.15) is 5.54 Å². The van der Waals surface area contributed by atoms with Crippen LogP contribution < -0.4 is 10.2 Å². The van der Waals surface area contributed by atoms with Gasteiger partial charge in [-0.15, -0.1) is 0 Å². The largest absolute Gasteiger partial charge is 0.455 e.